The molecule has 0 unspecified atom stereocenters. The Labute approximate surface area is 150 Å². The number of rotatable bonds is 5. The number of aryl methyl sites for hydroxylation is 1. The first-order valence-corrected chi connectivity index (χ1v) is 8.25. The van der Waals surface area contributed by atoms with Crippen molar-refractivity contribution >= 4 is 34.5 Å². The summed E-state index contributed by atoms with van der Waals surface area (Å²) in [4.78, 5) is 24.0. The Balaban J connectivity index is 1.92. The Bertz CT molecular complexity index is 989. The molecule has 0 bridgehead atoms. The quantitative estimate of drug-likeness (QED) is 0.375. The number of benzene rings is 2. The van der Waals surface area contributed by atoms with Crippen LogP contribution in [0.1, 0.15) is 23.0 Å². The van der Waals surface area contributed by atoms with E-state index in [0.29, 0.717) is 23.5 Å². The normalized spacial score (nSPS) is 11.0. The Kier molecular flexibility index (Phi) is 5.15. The monoisotopic (exact) mass is 349 g/mol. The fourth-order valence-corrected chi connectivity index (χ4v) is 2.88. The number of carbonyl (C=O) groups excluding carboxylic acids is 2. The molecule has 0 aliphatic carbocycles. The predicted octanol–water partition coefficient (Wildman–Crippen LogP) is 3.43. The van der Waals surface area contributed by atoms with Crippen LogP contribution in [0.15, 0.2) is 60.7 Å². The van der Waals surface area contributed by atoms with Crippen LogP contribution in [0.2, 0.25) is 0 Å². The standard InChI is InChI=1S/C20H19N3O3/c1-2-23-17-10-6-4-8-15(17)13-18(23)20(25)21-16-9-5-3-7-14(16)11-12-19(24)22-26/h3-13,26H,2H2,1H3,(H,21,25)(H,22,24). The Morgan fingerprint density at radius 2 is 1.85 bits per heavy atom. The molecule has 3 rings (SSSR count). The molecule has 6 nitrogen and oxygen atoms in total. The van der Waals surface area contributed by atoms with Crippen LogP contribution in [0.25, 0.3) is 17.0 Å². The molecule has 2 amide bonds. The number of carbonyl (C=O) groups is 2. The summed E-state index contributed by atoms with van der Waals surface area (Å²) >= 11 is 0. The average Bonchev–Trinajstić information content (AvgIpc) is 3.05. The SMILES string of the molecule is CCn1c(C(=O)Nc2ccccc2C=CC(=O)NO)cc2ccccc21. The highest BCUT2D eigenvalue weighted by molar-refractivity contribution is 6.07. The second kappa shape index (κ2) is 7.67. The average molecular weight is 349 g/mol. The van der Waals surface area contributed by atoms with Gasteiger partial charge in [-0.2, -0.15) is 0 Å². The topological polar surface area (TPSA) is 83.4 Å². The van der Waals surface area contributed by atoms with E-state index >= 15 is 0 Å². The van der Waals surface area contributed by atoms with Gasteiger partial charge in [-0.25, -0.2) is 5.48 Å². The van der Waals surface area contributed by atoms with Crippen LogP contribution in [0, 0.1) is 0 Å². The van der Waals surface area contributed by atoms with Crippen molar-refractivity contribution in [2.24, 2.45) is 0 Å². The molecule has 1 heterocycles. The minimum atomic E-state index is -0.641. The summed E-state index contributed by atoms with van der Waals surface area (Å²) in [6, 6.07) is 16.8. The summed E-state index contributed by atoms with van der Waals surface area (Å²) in [6.07, 6.45) is 2.71. The van der Waals surface area contributed by atoms with E-state index in [1.807, 2.05) is 41.8 Å². The van der Waals surface area contributed by atoms with E-state index in [0.717, 1.165) is 10.9 Å². The van der Waals surface area contributed by atoms with Crippen molar-refractivity contribution in [3.8, 4) is 0 Å². The van der Waals surface area contributed by atoms with Gasteiger partial charge in [-0.1, -0.05) is 36.4 Å². The number of nitrogens with zero attached hydrogens (tertiary/aromatic N) is 1. The van der Waals surface area contributed by atoms with Crippen molar-refractivity contribution in [3.63, 3.8) is 0 Å². The Morgan fingerprint density at radius 3 is 2.62 bits per heavy atom. The zero-order valence-electron chi connectivity index (χ0n) is 14.3. The van der Waals surface area contributed by atoms with Gasteiger partial charge < -0.3 is 9.88 Å². The number of fused-ring (bicyclic) bond motifs is 1. The fourth-order valence-electron chi connectivity index (χ4n) is 2.88. The maximum absolute atomic E-state index is 12.8. The summed E-state index contributed by atoms with van der Waals surface area (Å²) < 4.78 is 1.96. The van der Waals surface area contributed by atoms with Crippen LogP contribution in [0.4, 0.5) is 5.69 Å². The van der Waals surface area contributed by atoms with E-state index in [9.17, 15) is 9.59 Å². The lowest BCUT2D eigenvalue weighted by Crippen LogP contribution is -2.17. The molecule has 3 aromatic rings. The van der Waals surface area contributed by atoms with Crippen LogP contribution >= 0.6 is 0 Å². The Hall–Kier alpha value is -3.38. The van der Waals surface area contributed by atoms with Crippen LogP contribution < -0.4 is 10.8 Å². The molecule has 26 heavy (non-hydrogen) atoms. The van der Waals surface area contributed by atoms with Crippen molar-refractivity contribution in [2.45, 2.75) is 13.5 Å². The van der Waals surface area contributed by atoms with Gasteiger partial charge in [-0.05, 0) is 36.8 Å². The molecule has 0 aliphatic rings. The van der Waals surface area contributed by atoms with Crippen LogP contribution in [0.3, 0.4) is 0 Å². The zero-order chi connectivity index (χ0) is 18.5. The molecule has 0 saturated carbocycles. The maximum atomic E-state index is 12.8. The molecule has 1 aromatic heterocycles. The van der Waals surface area contributed by atoms with Gasteiger partial charge in [-0.15, -0.1) is 0 Å². The van der Waals surface area contributed by atoms with Gasteiger partial charge in [0.25, 0.3) is 11.8 Å². The zero-order valence-corrected chi connectivity index (χ0v) is 14.3. The molecule has 0 fully saturated rings. The third kappa shape index (κ3) is 3.50. The van der Waals surface area contributed by atoms with Crippen LogP contribution in [-0.2, 0) is 11.3 Å². The van der Waals surface area contributed by atoms with Crippen molar-refractivity contribution in [1.82, 2.24) is 10.0 Å². The minimum absolute atomic E-state index is 0.226. The number of anilines is 1. The number of hydroxylamine groups is 1. The number of nitrogens with one attached hydrogen (secondary N) is 2. The van der Waals surface area contributed by atoms with E-state index in [2.05, 4.69) is 5.32 Å². The maximum Gasteiger partial charge on any atom is 0.272 e. The van der Waals surface area contributed by atoms with Gasteiger partial charge >= 0.3 is 0 Å². The van der Waals surface area contributed by atoms with Crippen LogP contribution in [0.5, 0.6) is 0 Å². The summed E-state index contributed by atoms with van der Waals surface area (Å²) in [5.74, 6) is -0.868. The van der Waals surface area contributed by atoms with Gasteiger partial charge in [0.2, 0.25) is 0 Å². The highest BCUT2D eigenvalue weighted by atomic mass is 16.5. The highest BCUT2D eigenvalue weighted by Gasteiger charge is 2.15. The molecule has 6 heteroatoms. The first kappa shape index (κ1) is 17.4. The molecule has 0 saturated heterocycles. The molecule has 132 valence electrons. The van der Waals surface area contributed by atoms with Crippen molar-refractivity contribution in [2.75, 3.05) is 5.32 Å². The number of aromatic nitrogens is 1. The number of para-hydroxylation sites is 2. The molecular weight excluding hydrogens is 330 g/mol. The third-order valence-corrected chi connectivity index (χ3v) is 4.09. The molecule has 0 atom stereocenters. The third-order valence-electron chi connectivity index (χ3n) is 4.09. The van der Waals surface area contributed by atoms with E-state index in [1.165, 1.54) is 17.6 Å². The molecule has 2 aromatic carbocycles. The highest BCUT2D eigenvalue weighted by Crippen LogP contribution is 2.22. The lowest BCUT2D eigenvalue weighted by molar-refractivity contribution is -0.124. The minimum Gasteiger partial charge on any atom is -0.337 e. The first-order chi connectivity index (χ1) is 12.6. The molecule has 3 N–H and O–H groups in total. The van der Waals surface area contributed by atoms with Crippen molar-refractivity contribution < 1.29 is 14.8 Å². The van der Waals surface area contributed by atoms with Gasteiger partial charge in [0.05, 0.1) is 0 Å². The van der Waals surface area contributed by atoms with Gasteiger partial charge in [0.15, 0.2) is 0 Å². The molecular formula is C20H19N3O3. The molecule has 0 spiro atoms. The first-order valence-electron chi connectivity index (χ1n) is 8.25. The lowest BCUT2D eigenvalue weighted by Gasteiger charge is -2.11. The number of hydrogen-bond donors (Lipinski definition) is 3. The summed E-state index contributed by atoms with van der Waals surface area (Å²) in [5, 5.41) is 12.5. The van der Waals surface area contributed by atoms with Gasteiger partial charge in [0.1, 0.15) is 5.69 Å². The molecule has 0 radical (unpaired) electrons. The van der Waals surface area contributed by atoms with E-state index in [4.69, 9.17) is 5.21 Å². The Morgan fingerprint density at radius 1 is 1.12 bits per heavy atom. The van der Waals surface area contributed by atoms with Crippen molar-refractivity contribution in [3.05, 3.63) is 71.9 Å². The van der Waals surface area contributed by atoms with Gasteiger partial charge in [-0.3, -0.25) is 14.8 Å². The number of amides is 2. The van der Waals surface area contributed by atoms with Crippen LogP contribution in [-0.4, -0.2) is 21.6 Å². The summed E-state index contributed by atoms with van der Waals surface area (Å²) in [7, 11) is 0. The second-order valence-electron chi connectivity index (χ2n) is 5.68. The smallest absolute Gasteiger partial charge is 0.272 e. The summed E-state index contributed by atoms with van der Waals surface area (Å²) in [6.45, 7) is 2.67. The van der Waals surface area contributed by atoms with E-state index in [1.54, 1.807) is 24.3 Å². The predicted molar refractivity (Wildman–Crippen MR) is 101 cm³/mol. The van der Waals surface area contributed by atoms with Crippen molar-refractivity contribution in [1.29, 1.82) is 0 Å². The lowest BCUT2D eigenvalue weighted by atomic mass is 10.1. The van der Waals surface area contributed by atoms with Gasteiger partial charge in [0, 0.05) is 29.2 Å². The largest absolute Gasteiger partial charge is 0.337 e. The van der Waals surface area contributed by atoms with E-state index in [-0.39, 0.29) is 5.91 Å². The van der Waals surface area contributed by atoms with E-state index < -0.39 is 5.91 Å². The second-order valence-corrected chi connectivity index (χ2v) is 5.68. The number of hydrogen-bond acceptors (Lipinski definition) is 3. The molecule has 0 aliphatic heterocycles. The summed E-state index contributed by atoms with van der Waals surface area (Å²) in [5.41, 5.74) is 4.34. The fraction of sp³-hybridized carbons (Fsp3) is 0.100.